The van der Waals surface area contributed by atoms with Crippen LogP contribution in [0.25, 0.3) is 5.65 Å². The Morgan fingerprint density at radius 2 is 2.05 bits per heavy atom. The first-order valence-electron chi connectivity index (χ1n) is 6.25. The summed E-state index contributed by atoms with van der Waals surface area (Å²) in [4.78, 5) is 4.39. The van der Waals surface area contributed by atoms with E-state index < -0.39 is 12.6 Å². The minimum Gasteiger partial charge on any atom is -0.311 e. The number of hydrogen-bond acceptors (Lipinski definition) is 2. The van der Waals surface area contributed by atoms with Crippen molar-refractivity contribution in [2.45, 2.75) is 32.0 Å². The Morgan fingerprint density at radius 3 is 2.79 bits per heavy atom. The summed E-state index contributed by atoms with van der Waals surface area (Å²) in [6.07, 6.45) is -0.230. The molecule has 0 bridgehead atoms. The van der Waals surface area contributed by atoms with Gasteiger partial charge in [-0.15, -0.1) is 0 Å². The Kier molecular flexibility index (Phi) is 4.42. The van der Waals surface area contributed by atoms with Crippen LogP contribution in [-0.4, -0.2) is 22.1 Å². The third kappa shape index (κ3) is 4.55. The molecule has 0 aliphatic rings. The number of nitrogens with zero attached hydrogens (tertiary/aromatic N) is 2. The lowest BCUT2D eigenvalue weighted by Gasteiger charge is -2.06. The first-order chi connectivity index (χ1) is 9.04. The van der Waals surface area contributed by atoms with Crippen LogP contribution in [0.3, 0.4) is 0 Å². The molecule has 2 aromatic heterocycles. The van der Waals surface area contributed by atoms with E-state index in [1.54, 1.807) is 0 Å². The average Bonchev–Trinajstić information content (AvgIpc) is 2.74. The van der Waals surface area contributed by atoms with Gasteiger partial charge in [0, 0.05) is 25.4 Å². The van der Waals surface area contributed by atoms with E-state index in [-0.39, 0.29) is 6.42 Å². The lowest BCUT2D eigenvalue weighted by molar-refractivity contribution is -0.135. The molecule has 0 amide bonds. The number of fused-ring (bicyclic) bond motifs is 1. The number of rotatable bonds is 6. The molecule has 0 saturated heterocycles. The lowest BCUT2D eigenvalue weighted by Crippen LogP contribution is -2.16. The van der Waals surface area contributed by atoms with Gasteiger partial charge >= 0.3 is 6.18 Å². The Balaban J connectivity index is 1.68. The number of nitrogens with one attached hydrogen (secondary N) is 1. The second-order valence-electron chi connectivity index (χ2n) is 4.45. The summed E-state index contributed by atoms with van der Waals surface area (Å²) in [6.45, 7) is 1.15. The highest BCUT2D eigenvalue weighted by molar-refractivity contribution is 5.39. The van der Waals surface area contributed by atoms with Gasteiger partial charge in [-0.2, -0.15) is 13.2 Å². The Labute approximate surface area is 109 Å². The predicted molar refractivity (Wildman–Crippen MR) is 66.8 cm³/mol. The molecule has 0 aliphatic heterocycles. The molecule has 0 aliphatic carbocycles. The van der Waals surface area contributed by atoms with Gasteiger partial charge in [0.15, 0.2) is 0 Å². The van der Waals surface area contributed by atoms with Crippen LogP contribution in [0.1, 0.15) is 25.0 Å². The van der Waals surface area contributed by atoms with Gasteiger partial charge in [0.1, 0.15) is 5.65 Å². The standard InChI is InChI=1S/C13H16F3N3/c14-13(15,16)6-2-3-7-17-9-11-10-19-8-4-1-5-12(19)18-11/h1,4-5,8,10,17H,2-3,6-7,9H2. The SMILES string of the molecule is FC(F)(F)CCCCNCc1cn2ccccc2n1. The Morgan fingerprint density at radius 1 is 1.21 bits per heavy atom. The lowest BCUT2D eigenvalue weighted by atomic mass is 10.2. The summed E-state index contributed by atoms with van der Waals surface area (Å²) < 4.78 is 37.7. The number of imidazole rings is 1. The van der Waals surface area contributed by atoms with Gasteiger partial charge in [0.05, 0.1) is 5.69 Å². The minimum absolute atomic E-state index is 0.168. The first kappa shape index (κ1) is 13.9. The zero-order valence-electron chi connectivity index (χ0n) is 10.5. The minimum atomic E-state index is -4.04. The van der Waals surface area contributed by atoms with Crippen LogP contribution in [0.2, 0.25) is 0 Å². The third-order valence-corrected chi connectivity index (χ3v) is 2.78. The first-order valence-corrected chi connectivity index (χ1v) is 6.25. The summed E-state index contributed by atoms with van der Waals surface area (Å²) in [6, 6.07) is 5.74. The molecule has 19 heavy (non-hydrogen) atoms. The maximum Gasteiger partial charge on any atom is 0.389 e. The van der Waals surface area contributed by atoms with E-state index in [9.17, 15) is 13.2 Å². The molecule has 0 unspecified atom stereocenters. The molecule has 6 heteroatoms. The quantitative estimate of drug-likeness (QED) is 0.818. The molecule has 2 rings (SSSR count). The van der Waals surface area contributed by atoms with E-state index in [4.69, 9.17) is 0 Å². The molecule has 0 atom stereocenters. The van der Waals surface area contributed by atoms with Crippen LogP contribution >= 0.6 is 0 Å². The maximum atomic E-state index is 11.9. The van der Waals surface area contributed by atoms with Gasteiger partial charge in [0.2, 0.25) is 0 Å². The molecule has 0 fully saturated rings. The fourth-order valence-corrected chi connectivity index (χ4v) is 1.86. The highest BCUT2D eigenvalue weighted by Gasteiger charge is 2.25. The highest BCUT2D eigenvalue weighted by atomic mass is 19.4. The van der Waals surface area contributed by atoms with Crippen molar-refractivity contribution in [2.75, 3.05) is 6.54 Å². The molecule has 1 N–H and O–H groups in total. The van der Waals surface area contributed by atoms with Crippen molar-refractivity contribution in [1.29, 1.82) is 0 Å². The van der Waals surface area contributed by atoms with E-state index in [1.807, 2.05) is 35.0 Å². The predicted octanol–water partition coefficient (Wildman–Crippen LogP) is 3.16. The summed E-state index contributed by atoms with van der Waals surface area (Å²) in [5.74, 6) is 0. The van der Waals surface area contributed by atoms with Crippen molar-refractivity contribution in [3.8, 4) is 0 Å². The number of hydrogen-bond donors (Lipinski definition) is 1. The van der Waals surface area contributed by atoms with E-state index in [0.717, 1.165) is 11.3 Å². The molecule has 104 valence electrons. The average molecular weight is 271 g/mol. The summed E-state index contributed by atoms with van der Waals surface area (Å²) in [5.41, 5.74) is 1.76. The van der Waals surface area contributed by atoms with Crippen LogP contribution in [0.5, 0.6) is 0 Å². The van der Waals surface area contributed by atoms with Crippen molar-refractivity contribution in [1.82, 2.24) is 14.7 Å². The van der Waals surface area contributed by atoms with Crippen molar-refractivity contribution < 1.29 is 13.2 Å². The number of unbranched alkanes of at least 4 members (excludes halogenated alkanes) is 1. The second-order valence-corrected chi connectivity index (χ2v) is 4.45. The summed E-state index contributed by atoms with van der Waals surface area (Å²) in [5, 5.41) is 3.11. The normalized spacial score (nSPS) is 12.2. The molecule has 0 radical (unpaired) electrons. The number of alkyl halides is 3. The van der Waals surface area contributed by atoms with Crippen molar-refractivity contribution in [2.24, 2.45) is 0 Å². The van der Waals surface area contributed by atoms with Crippen LogP contribution in [-0.2, 0) is 6.54 Å². The van der Waals surface area contributed by atoms with E-state index in [1.165, 1.54) is 0 Å². The monoisotopic (exact) mass is 271 g/mol. The number of halogens is 3. The van der Waals surface area contributed by atoms with Crippen molar-refractivity contribution in [3.05, 3.63) is 36.3 Å². The molecule has 2 heterocycles. The topological polar surface area (TPSA) is 29.3 Å². The number of aromatic nitrogens is 2. The van der Waals surface area contributed by atoms with Gasteiger partial charge in [-0.3, -0.25) is 0 Å². The molecule has 2 aromatic rings. The van der Waals surface area contributed by atoms with Crippen LogP contribution in [0.4, 0.5) is 13.2 Å². The zero-order valence-corrected chi connectivity index (χ0v) is 10.5. The summed E-state index contributed by atoms with van der Waals surface area (Å²) >= 11 is 0. The van der Waals surface area contributed by atoms with E-state index >= 15 is 0 Å². The molecular formula is C13H16F3N3. The molecule has 0 spiro atoms. The van der Waals surface area contributed by atoms with Crippen LogP contribution in [0, 0.1) is 0 Å². The smallest absolute Gasteiger partial charge is 0.311 e. The molecular weight excluding hydrogens is 255 g/mol. The fourth-order valence-electron chi connectivity index (χ4n) is 1.86. The molecule has 3 nitrogen and oxygen atoms in total. The van der Waals surface area contributed by atoms with Crippen molar-refractivity contribution >= 4 is 5.65 Å². The van der Waals surface area contributed by atoms with Crippen molar-refractivity contribution in [3.63, 3.8) is 0 Å². The number of pyridine rings is 1. The third-order valence-electron chi connectivity index (χ3n) is 2.78. The van der Waals surface area contributed by atoms with Gasteiger partial charge in [-0.05, 0) is 31.5 Å². The molecule has 0 aromatic carbocycles. The summed E-state index contributed by atoms with van der Waals surface area (Å²) in [7, 11) is 0. The van der Waals surface area contributed by atoms with Gasteiger partial charge in [-0.25, -0.2) is 4.98 Å². The van der Waals surface area contributed by atoms with Gasteiger partial charge in [-0.1, -0.05) is 6.07 Å². The van der Waals surface area contributed by atoms with Crippen LogP contribution in [0.15, 0.2) is 30.6 Å². The Bertz CT molecular complexity index is 486. The second kappa shape index (κ2) is 6.06. The highest BCUT2D eigenvalue weighted by Crippen LogP contribution is 2.21. The van der Waals surface area contributed by atoms with Crippen LogP contribution < -0.4 is 5.32 Å². The Hall–Kier alpha value is -1.56. The largest absolute Gasteiger partial charge is 0.389 e. The van der Waals surface area contributed by atoms with Gasteiger partial charge in [0.25, 0.3) is 0 Å². The zero-order chi connectivity index (χ0) is 13.7. The maximum absolute atomic E-state index is 11.9. The van der Waals surface area contributed by atoms with E-state index in [2.05, 4.69) is 10.3 Å². The van der Waals surface area contributed by atoms with E-state index in [0.29, 0.717) is 19.5 Å². The molecule has 0 saturated carbocycles. The van der Waals surface area contributed by atoms with Gasteiger partial charge < -0.3 is 9.72 Å². The fraction of sp³-hybridized carbons (Fsp3) is 0.462.